The molecule has 34 heavy (non-hydrogen) atoms. The molecule has 2 aromatic carbocycles. The lowest BCUT2D eigenvalue weighted by Gasteiger charge is -2.42. The van der Waals surface area contributed by atoms with E-state index in [4.69, 9.17) is 11.6 Å². The van der Waals surface area contributed by atoms with Gasteiger partial charge >= 0.3 is 0 Å². The van der Waals surface area contributed by atoms with E-state index in [-0.39, 0.29) is 18.4 Å². The monoisotopic (exact) mass is 487 g/mol. The molecule has 0 radical (unpaired) electrons. The summed E-state index contributed by atoms with van der Waals surface area (Å²) in [6.07, 6.45) is 2.51. The summed E-state index contributed by atoms with van der Waals surface area (Å²) >= 11 is 6.36. The van der Waals surface area contributed by atoms with Crippen molar-refractivity contribution in [2.24, 2.45) is 0 Å². The van der Waals surface area contributed by atoms with E-state index in [1.807, 2.05) is 31.3 Å². The smallest absolute Gasteiger partial charge is 0.253 e. The third-order valence-corrected chi connectivity index (χ3v) is 7.11. The Bertz CT molecular complexity index is 1180. The van der Waals surface area contributed by atoms with Gasteiger partial charge in [0.05, 0.1) is 28.4 Å². The van der Waals surface area contributed by atoms with Gasteiger partial charge in [0.15, 0.2) is 0 Å². The van der Waals surface area contributed by atoms with Crippen LogP contribution < -0.4 is 5.32 Å². The number of carbonyl (C=O) groups is 1. The Morgan fingerprint density at radius 2 is 1.88 bits per heavy atom. The lowest BCUT2D eigenvalue weighted by atomic mass is 9.75. The van der Waals surface area contributed by atoms with Gasteiger partial charge < -0.3 is 10.4 Å². The van der Waals surface area contributed by atoms with Gasteiger partial charge in [0.2, 0.25) is 5.92 Å². The minimum Gasteiger partial charge on any atom is -0.387 e. The number of alkyl halides is 2. The van der Waals surface area contributed by atoms with Crippen LogP contribution in [0.15, 0.2) is 54.9 Å². The molecule has 1 amide bonds. The first-order valence-electron chi connectivity index (χ1n) is 11.4. The molecule has 4 rings (SSSR count). The highest BCUT2D eigenvalue weighted by molar-refractivity contribution is 6.34. The average Bonchev–Trinajstić information content (AvgIpc) is 3.31. The van der Waals surface area contributed by atoms with Gasteiger partial charge in [0, 0.05) is 31.1 Å². The second kappa shape index (κ2) is 9.47. The van der Waals surface area contributed by atoms with E-state index in [1.54, 1.807) is 42.1 Å². The second-order valence-corrected chi connectivity index (χ2v) is 9.39. The van der Waals surface area contributed by atoms with Gasteiger partial charge in [-0.2, -0.15) is 5.10 Å². The van der Waals surface area contributed by atoms with E-state index >= 15 is 0 Å². The predicted octanol–water partition coefficient (Wildman–Crippen LogP) is 5.94. The molecule has 1 heterocycles. The summed E-state index contributed by atoms with van der Waals surface area (Å²) in [4.78, 5) is 13.2. The van der Waals surface area contributed by atoms with Crippen molar-refractivity contribution in [3.8, 4) is 11.1 Å². The number of rotatable bonds is 6. The number of aromatic nitrogens is 2. The molecule has 1 aliphatic carbocycles. The van der Waals surface area contributed by atoms with Crippen molar-refractivity contribution >= 4 is 17.5 Å². The van der Waals surface area contributed by atoms with E-state index in [1.165, 1.54) is 0 Å². The first-order chi connectivity index (χ1) is 16.1. The average molecular weight is 488 g/mol. The summed E-state index contributed by atoms with van der Waals surface area (Å²) in [5.74, 6) is -3.29. The molecule has 1 aliphatic rings. The van der Waals surface area contributed by atoms with Crippen LogP contribution in [-0.2, 0) is 6.54 Å². The zero-order valence-electron chi connectivity index (χ0n) is 19.2. The number of hydrogen-bond acceptors (Lipinski definition) is 3. The summed E-state index contributed by atoms with van der Waals surface area (Å²) in [6, 6.07) is 11.6. The third kappa shape index (κ3) is 5.00. The van der Waals surface area contributed by atoms with Gasteiger partial charge in [-0.3, -0.25) is 9.48 Å². The standard InChI is InChI=1S/C26H28ClF2N3O2/c1-3-32-16-20(15-30-32)18-7-5-8-19(14-18)23(25(34)10-12-26(28,29)13-11-25)31-24(33)21-9-4-6-17(2)22(21)27/h4-9,14-16,23,34H,3,10-13H2,1-2H3,(H,31,33). The number of hydrogen-bond donors (Lipinski definition) is 2. The Morgan fingerprint density at radius 3 is 2.56 bits per heavy atom. The number of halogens is 3. The van der Waals surface area contributed by atoms with Crippen molar-refractivity contribution < 1.29 is 18.7 Å². The van der Waals surface area contributed by atoms with Crippen LogP contribution in [0.1, 0.15) is 60.1 Å². The van der Waals surface area contributed by atoms with E-state index in [2.05, 4.69) is 10.4 Å². The van der Waals surface area contributed by atoms with Crippen LogP contribution in [0.4, 0.5) is 8.78 Å². The highest BCUT2D eigenvalue weighted by Crippen LogP contribution is 2.45. The quantitative estimate of drug-likeness (QED) is 0.452. The minimum absolute atomic E-state index is 0.134. The van der Waals surface area contributed by atoms with E-state index in [0.717, 1.165) is 23.2 Å². The van der Waals surface area contributed by atoms with Crippen LogP contribution >= 0.6 is 11.6 Å². The zero-order valence-corrected chi connectivity index (χ0v) is 19.9. The zero-order chi connectivity index (χ0) is 24.5. The molecule has 0 aliphatic heterocycles. The maximum absolute atomic E-state index is 13.9. The normalized spacial score (nSPS) is 17.8. The van der Waals surface area contributed by atoms with Crippen LogP contribution in [0.3, 0.4) is 0 Å². The maximum atomic E-state index is 13.9. The Kier molecular flexibility index (Phi) is 6.78. The van der Waals surface area contributed by atoms with E-state index in [9.17, 15) is 18.7 Å². The fraction of sp³-hybridized carbons (Fsp3) is 0.385. The van der Waals surface area contributed by atoms with Crippen molar-refractivity contribution in [2.45, 2.75) is 63.6 Å². The largest absolute Gasteiger partial charge is 0.387 e. The SMILES string of the molecule is CCn1cc(-c2cccc(C(NC(=O)c3cccc(C)c3Cl)C3(O)CCC(F)(F)CC3)c2)cn1. The highest BCUT2D eigenvalue weighted by atomic mass is 35.5. The first-order valence-corrected chi connectivity index (χ1v) is 11.8. The summed E-state index contributed by atoms with van der Waals surface area (Å²) < 4.78 is 29.7. The number of aliphatic hydroxyl groups is 1. The van der Waals surface area contributed by atoms with Crippen LogP contribution in [0.25, 0.3) is 11.1 Å². The number of amides is 1. The topological polar surface area (TPSA) is 67.2 Å². The predicted molar refractivity (Wildman–Crippen MR) is 128 cm³/mol. The van der Waals surface area contributed by atoms with Crippen LogP contribution in [0, 0.1) is 6.92 Å². The van der Waals surface area contributed by atoms with Gasteiger partial charge in [-0.1, -0.05) is 41.9 Å². The number of benzene rings is 2. The van der Waals surface area contributed by atoms with Crippen molar-refractivity contribution in [3.63, 3.8) is 0 Å². The van der Waals surface area contributed by atoms with Gasteiger partial charge in [-0.05, 0) is 55.5 Å². The lowest BCUT2D eigenvalue weighted by Crippen LogP contribution is -2.50. The molecule has 1 saturated carbocycles. The molecule has 2 N–H and O–H groups in total. The van der Waals surface area contributed by atoms with Crippen LogP contribution in [0.5, 0.6) is 0 Å². The number of nitrogens with zero attached hydrogens (tertiary/aromatic N) is 2. The van der Waals surface area contributed by atoms with Crippen molar-refractivity contribution in [1.29, 1.82) is 0 Å². The maximum Gasteiger partial charge on any atom is 0.253 e. The lowest BCUT2D eigenvalue weighted by molar-refractivity contribution is -0.116. The Balaban J connectivity index is 1.72. The summed E-state index contributed by atoms with van der Waals surface area (Å²) in [6.45, 7) is 4.51. The fourth-order valence-corrected chi connectivity index (χ4v) is 4.69. The van der Waals surface area contributed by atoms with E-state index in [0.29, 0.717) is 10.6 Å². The summed E-state index contributed by atoms with van der Waals surface area (Å²) in [5.41, 5.74) is 1.87. The number of nitrogens with one attached hydrogen (secondary N) is 1. The van der Waals surface area contributed by atoms with Crippen molar-refractivity contribution in [2.75, 3.05) is 0 Å². The van der Waals surface area contributed by atoms with Gasteiger partial charge in [0.1, 0.15) is 0 Å². The van der Waals surface area contributed by atoms with E-state index < -0.39 is 36.3 Å². The van der Waals surface area contributed by atoms with Crippen molar-refractivity contribution in [1.82, 2.24) is 15.1 Å². The summed E-state index contributed by atoms with van der Waals surface area (Å²) in [7, 11) is 0. The minimum atomic E-state index is -2.82. The molecule has 1 atom stereocenters. The molecule has 0 bridgehead atoms. The number of carbonyl (C=O) groups excluding carboxylic acids is 1. The molecule has 3 aromatic rings. The molecular weight excluding hydrogens is 460 g/mol. The molecule has 8 heteroatoms. The fourth-order valence-electron chi connectivity index (χ4n) is 4.48. The number of aryl methyl sites for hydroxylation is 2. The molecular formula is C26H28ClF2N3O2. The van der Waals surface area contributed by atoms with Gasteiger partial charge in [0.25, 0.3) is 5.91 Å². The Hall–Kier alpha value is -2.77. The molecule has 180 valence electrons. The highest BCUT2D eigenvalue weighted by Gasteiger charge is 2.47. The van der Waals surface area contributed by atoms with Crippen LogP contribution in [0.2, 0.25) is 5.02 Å². The van der Waals surface area contributed by atoms with Crippen LogP contribution in [-0.4, -0.2) is 32.3 Å². The molecule has 5 nitrogen and oxygen atoms in total. The van der Waals surface area contributed by atoms with Gasteiger partial charge in [-0.25, -0.2) is 8.78 Å². The Labute approximate surface area is 202 Å². The van der Waals surface area contributed by atoms with Crippen molar-refractivity contribution in [3.05, 3.63) is 76.6 Å². The molecule has 0 spiro atoms. The molecule has 1 fully saturated rings. The Morgan fingerprint density at radius 1 is 1.18 bits per heavy atom. The molecule has 1 unspecified atom stereocenters. The second-order valence-electron chi connectivity index (χ2n) is 9.01. The first kappa shape index (κ1) is 24.4. The molecule has 1 aromatic heterocycles. The third-order valence-electron chi connectivity index (χ3n) is 6.61. The molecule has 0 saturated heterocycles. The van der Waals surface area contributed by atoms with Gasteiger partial charge in [-0.15, -0.1) is 0 Å². The summed E-state index contributed by atoms with van der Waals surface area (Å²) in [5, 5.41) is 19.1.